The first-order valence-corrected chi connectivity index (χ1v) is 7.48. The van der Waals surface area contributed by atoms with Gasteiger partial charge in [0.2, 0.25) is 0 Å². The minimum Gasteiger partial charge on any atom is -0.389 e. The zero-order chi connectivity index (χ0) is 11.3. The van der Waals surface area contributed by atoms with Crippen LogP contribution >= 0.6 is 11.8 Å². The molecule has 1 aliphatic heterocycles. The Balaban J connectivity index is 2.36. The fraction of sp³-hybridized carbons (Fsp3) is 1.00. The summed E-state index contributed by atoms with van der Waals surface area (Å²) in [7, 11) is 0. The van der Waals surface area contributed by atoms with E-state index < -0.39 is 0 Å². The standard InChI is InChI=1S/C13H26OS/c1-4-6-7-12(5-2)9-13(14)8-11(3)15-10-13/h11-12,14H,4-10H2,1-3H3. The monoisotopic (exact) mass is 230 g/mol. The van der Waals surface area contributed by atoms with Gasteiger partial charge in [-0.2, -0.15) is 11.8 Å². The second-order valence-electron chi connectivity index (χ2n) is 5.17. The van der Waals surface area contributed by atoms with Crippen molar-refractivity contribution in [2.24, 2.45) is 5.92 Å². The Morgan fingerprint density at radius 3 is 2.67 bits per heavy atom. The molecule has 90 valence electrons. The summed E-state index contributed by atoms with van der Waals surface area (Å²) in [5.74, 6) is 1.69. The average molecular weight is 230 g/mol. The van der Waals surface area contributed by atoms with E-state index in [4.69, 9.17) is 0 Å². The predicted molar refractivity (Wildman–Crippen MR) is 69.4 cm³/mol. The molecule has 0 aromatic carbocycles. The molecule has 2 heteroatoms. The average Bonchev–Trinajstić information content (AvgIpc) is 2.53. The molecule has 0 aromatic heterocycles. The van der Waals surface area contributed by atoms with E-state index in [1.54, 1.807) is 0 Å². The van der Waals surface area contributed by atoms with Gasteiger partial charge in [-0.05, 0) is 18.8 Å². The zero-order valence-corrected chi connectivity index (χ0v) is 11.3. The topological polar surface area (TPSA) is 20.2 Å². The third kappa shape index (κ3) is 4.36. The van der Waals surface area contributed by atoms with Crippen LogP contribution in [-0.4, -0.2) is 21.7 Å². The number of hydrogen-bond donors (Lipinski definition) is 1. The van der Waals surface area contributed by atoms with Crippen molar-refractivity contribution < 1.29 is 5.11 Å². The summed E-state index contributed by atoms with van der Waals surface area (Å²) in [6.07, 6.45) is 7.15. The first-order chi connectivity index (χ1) is 7.09. The smallest absolute Gasteiger partial charge is 0.0750 e. The van der Waals surface area contributed by atoms with E-state index in [0.29, 0.717) is 5.25 Å². The second-order valence-corrected chi connectivity index (χ2v) is 6.60. The molecule has 0 aromatic rings. The van der Waals surface area contributed by atoms with Crippen LogP contribution in [0.5, 0.6) is 0 Å². The molecule has 0 spiro atoms. The molecule has 3 unspecified atom stereocenters. The summed E-state index contributed by atoms with van der Waals surface area (Å²) in [5, 5.41) is 11.1. The quantitative estimate of drug-likeness (QED) is 0.748. The molecule has 15 heavy (non-hydrogen) atoms. The van der Waals surface area contributed by atoms with E-state index in [0.717, 1.165) is 24.5 Å². The SMILES string of the molecule is CCCCC(CC)CC1(O)CSC(C)C1. The van der Waals surface area contributed by atoms with Crippen LogP contribution in [0.2, 0.25) is 0 Å². The molecule has 0 bridgehead atoms. The lowest BCUT2D eigenvalue weighted by atomic mass is 9.84. The van der Waals surface area contributed by atoms with E-state index >= 15 is 0 Å². The Labute approximate surface area is 99.0 Å². The number of unbranched alkanes of at least 4 members (excludes halogenated alkanes) is 1. The fourth-order valence-electron chi connectivity index (χ4n) is 2.57. The van der Waals surface area contributed by atoms with E-state index in [9.17, 15) is 5.11 Å². The molecule has 1 rings (SSSR count). The summed E-state index contributed by atoms with van der Waals surface area (Å²) in [6.45, 7) is 6.74. The van der Waals surface area contributed by atoms with Crippen LogP contribution in [0.4, 0.5) is 0 Å². The molecule has 1 fully saturated rings. The Kier molecular flexibility index (Phi) is 5.48. The highest BCUT2D eigenvalue weighted by Gasteiger charge is 2.37. The van der Waals surface area contributed by atoms with Crippen molar-refractivity contribution in [1.29, 1.82) is 0 Å². The van der Waals surface area contributed by atoms with Crippen LogP contribution in [0.3, 0.4) is 0 Å². The first kappa shape index (κ1) is 13.4. The molecule has 1 aliphatic rings. The van der Waals surface area contributed by atoms with E-state index in [2.05, 4.69) is 20.8 Å². The van der Waals surface area contributed by atoms with Gasteiger partial charge in [-0.15, -0.1) is 0 Å². The lowest BCUT2D eigenvalue weighted by Gasteiger charge is -2.27. The Bertz CT molecular complexity index is 183. The maximum Gasteiger partial charge on any atom is 0.0750 e. The largest absolute Gasteiger partial charge is 0.389 e. The number of thioether (sulfide) groups is 1. The van der Waals surface area contributed by atoms with Crippen LogP contribution in [0.25, 0.3) is 0 Å². The molecule has 3 atom stereocenters. The maximum absolute atomic E-state index is 10.4. The van der Waals surface area contributed by atoms with Crippen molar-refractivity contribution >= 4 is 11.8 Å². The van der Waals surface area contributed by atoms with Gasteiger partial charge in [-0.25, -0.2) is 0 Å². The third-order valence-electron chi connectivity index (χ3n) is 3.52. The van der Waals surface area contributed by atoms with Gasteiger partial charge in [0, 0.05) is 11.0 Å². The summed E-state index contributed by atoms with van der Waals surface area (Å²) in [5.41, 5.74) is -0.349. The molecule has 0 amide bonds. The van der Waals surface area contributed by atoms with Crippen LogP contribution in [-0.2, 0) is 0 Å². The minimum atomic E-state index is -0.349. The number of aliphatic hydroxyl groups is 1. The Morgan fingerprint density at radius 2 is 2.20 bits per heavy atom. The number of hydrogen-bond acceptors (Lipinski definition) is 2. The van der Waals surface area contributed by atoms with Gasteiger partial charge in [0.1, 0.15) is 0 Å². The van der Waals surface area contributed by atoms with E-state index in [1.807, 2.05) is 11.8 Å². The normalized spacial score (nSPS) is 33.2. The van der Waals surface area contributed by atoms with Gasteiger partial charge in [0.25, 0.3) is 0 Å². The molecular weight excluding hydrogens is 204 g/mol. The summed E-state index contributed by atoms with van der Waals surface area (Å²) >= 11 is 1.93. The van der Waals surface area contributed by atoms with E-state index in [1.165, 1.54) is 25.7 Å². The van der Waals surface area contributed by atoms with Crippen molar-refractivity contribution in [1.82, 2.24) is 0 Å². The van der Waals surface area contributed by atoms with Crippen molar-refractivity contribution in [2.45, 2.75) is 70.1 Å². The molecule has 1 N–H and O–H groups in total. The lowest BCUT2D eigenvalue weighted by molar-refractivity contribution is 0.0350. The minimum absolute atomic E-state index is 0.349. The molecule has 1 saturated heterocycles. The van der Waals surface area contributed by atoms with Gasteiger partial charge in [-0.3, -0.25) is 0 Å². The van der Waals surface area contributed by atoms with Crippen LogP contribution in [0.15, 0.2) is 0 Å². The van der Waals surface area contributed by atoms with Gasteiger partial charge >= 0.3 is 0 Å². The van der Waals surface area contributed by atoms with Crippen LogP contribution in [0, 0.1) is 5.92 Å². The third-order valence-corrected chi connectivity index (χ3v) is 4.96. The highest BCUT2D eigenvalue weighted by molar-refractivity contribution is 8.00. The summed E-state index contributed by atoms with van der Waals surface area (Å²) in [6, 6.07) is 0. The lowest BCUT2D eigenvalue weighted by Crippen LogP contribution is -2.31. The predicted octanol–water partition coefficient (Wildman–Crippen LogP) is 3.85. The maximum atomic E-state index is 10.4. The molecule has 0 aliphatic carbocycles. The number of rotatable bonds is 6. The van der Waals surface area contributed by atoms with Crippen molar-refractivity contribution in [2.75, 3.05) is 5.75 Å². The fourth-order valence-corrected chi connectivity index (χ4v) is 3.83. The summed E-state index contributed by atoms with van der Waals surface area (Å²) < 4.78 is 0. The highest BCUT2D eigenvalue weighted by Crippen LogP contribution is 2.39. The molecule has 1 heterocycles. The zero-order valence-electron chi connectivity index (χ0n) is 10.5. The van der Waals surface area contributed by atoms with Crippen molar-refractivity contribution in [3.05, 3.63) is 0 Å². The summed E-state index contributed by atoms with van der Waals surface area (Å²) in [4.78, 5) is 0. The molecule has 0 radical (unpaired) electrons. The van der Waals surface area contributed by atoms with Gasteiger partial charge < -0.3 is 5.11 Å². The highest BCUT2D eigenvalue weighted by atomic mass is 32.2. The van der Waals surface area contributed by atoms with Crippen molar-refractivity contribution in [3.63, 3.8) is 0 Å². The molecular formula is C13H26OS. The van der Waals surface area contributed by atoms with Crippen molar-refractivity contribution in [3.8, 4) is 0 Å². The van der Waals surface area contributed by atoms with Crippen LogP contribution in [0.1, 0.15) is 59.3 Å². The molecule has 1 nitrogen and oxygen atoms in total. The Morgan fingerprint density at radius 1 is 1.47 bits per heavy atom. The Hall–Kier alpha value is 0.310. The molecule has 0 saturated carbocycles. The second kappa shape index (κ2) is 6.15. The van der Waals surface area contributed by atoms with Gasteiger partial charge in [0.15, 0.2) is 0 Å². The van der Waals surface area contributed by atoms with Gasteiger partial charge in [-0.1, -0.05) is 46.5 Å². The van der Waals surface area contributed by atoms with Gasteiger partial charge in [0.05, 0.1) is 5.60 Å². The van der Waals surface area contributed by atoms with E-state index in [-0.39, 0.29) is 5.60 Å². The first-order valence-electron chi connectivity index (χ1n) is 6.43. The van der Waals surface area contributed by atoms with Crippen LogP contribution < -0.4 is 0 Å².